The van der Waals surface area contributed by atoms with Crippen molar-refractivity contribution >= 4 is 21.8 Å². The van der Waals surface area contributed by atoms with E-state index in [0.29, 0.717) is 17.4 Å². The van der Waals surface area contributed by atoms with E-state index in [4.69, 9.17) is 0 Å². The minimum Gasteiger partial charge on any atom is -0.210 e. The number of benzene rings is 1. The van der Waals surface area contributed by atoms with E-state index >= 15 is 0 Å². The lowest BCUT2D eigenvalue weighted by Crippen LogP contribution is -2.26. The molecule has 6 heteroatoms. The van der Waals surface area contributed by atoms with E-state index in [1.54, 1.807) is 6.92 Å². The quantitative estimate of drug-likeness (QED) is 0.812. The summed E-state index contributed by atoms with van der Waals surface area (Å²) in [6.07, 6.45) is 6.40. The highest BCUT2D eigenvalue weighted by atomic mass is 32.2. The smallest absolute Gasteiger partial charge is 0.210 e. The van der Waals surface area contributed by atoms with E-state index < -0.39 is 10.0 Å². The van der Waals surface area contributed by atoms with Gasteiger partial charge >= 0.3 is 0 Å². The second-order valence-electron chi connectivity index (χ2n) is 5.44. The summed E-state index contributed by atoms with van der Waals surface area (Å²) in [7, 11) is -3.53. The molecule has 118 valence electrons. The number of rotatable bonds is 6. The minimum atomic E-state index is -3.53. The summed E-state index contributed by atoms with van der Waals surface area (Å²) in [6.45, 7) is 1.98. The molecule has 2 rings (SSSR count). The van der Waals surface area contributed by atoms with Gasteiger partial charge in [-0.2, -0.15) is 11.8 Å². The fraction of sp³-hybridized carbons (Fsp3) is 0.600. The predicted molar refractivity (Wildman–Crippen MR) is 85.7 cm³/mol. The maximum atomic E-state index is 13.2. The summed E-state index contributed by atoms with van der Waals surface area (Å²) in [5.74, 6) is 0.395. The first kappa shape index (κ1) is 16.8. The highest BCUT2D eigenvalue weighted by Gasteiger charge is 2.16. The Hall–Kier alpha value is -0.590. The van der Waals surface area contributed by atoms with Crippen LogP contribution in [0.15, 0.2) is 23.1 Å². The molecule has 0 saturated heterocycles. The minimum absolute atomic E-state index is 0.129. The monoisotopic (exact) mass is 331 g/mol. The van der Waals surface area contributed by atoms with E-state index in [1.807, 2.05) is 11.8 Å². The van der Waals surface area contributed by atoms with Crippen molar-refractivity contribution in [3.8, 4) is 0 Å². The van der Waals surface area contributed by atoms with Crippen LogP contribution in [0.25, 0.3) is 0 Å². The SMILES string of the molecule is Cc1cc(S(=O)(=O)NCCSC2CCCCC2)ccc1F. The van der Waals surface area contributed by atoms with Crippen molar-refractivity contribution in [2.24, 2.45) is 0 Å². The van der Waals surface area contributed by atoms with Crippen LogP contribution >= 0.6 is 11.8 Å². The van der Waals surface area contributed by atoms with Gasteiger partial charge in [-0.3, -0.25) is 0 Å². The zero-order chi connectivity index (χ0) is 15.3. The highest BCUT2D eigenvalue weighted by Crippen LogP contribution is 2.27. The van der Waals surface area contributed by atoms with Crippen LogP contribution in [0.5, 0.6) is 0 Å². The summed E-state index contributed by atoms with van der Waals surface area (Å²) >= 11 is 1.85. The van der Waals surface area contributed by atoms with Gasteiger partial charge in [-0.05, 0) is 43.5 Å². The summed E-state index contributed by atoms with van der Waals surface area (Å²) in [5.41, 5.74) is 0.342. The maximum Gasteiger partial charge on any atom is 0.240 e. The Labute approximate surface area is 130 Å². The molecule has 21 heavy (non-hydrogen) atoms. The van der Waals surface area contributed by atoms with Crippen LogP contribution in [-0.2, 0) is 10.0 Å². The molecule has 0 atom stereocenters. The van der Waals surface area contributed by atoms with Crippen molar-refractivity contribution in [2.45, 2.75) is 49.2 Å². The molecular weight excluding hydrogens is 309 g/mol. The van der Waals surface area contributed by atoms with Crippen LogP contribution in [0.1, 0.15) is 37.7 Å². The third-order valence-corrected chi connectivity index (χ3v) is 6.58. The molecular formula is C15H22FNO2S2. The van der Waals surface area contributed by atoms with Crippen LogP contribution in [0.4, 0.5) is 4.39 Å². The molecule has 3 nitrogen and oxygen atoms in total. The Bertz CT molecular complexity index is 569. The molecule has 0 amide bonds. The first-order valence-corrected chi connectivity index (χ1v) is 9.89. The van der Waals surface area contributed by atoms with Gasteiger partial charge in [0, 0.05) is 17.5 Å². The molecule has 0 aromatic heterocycles. The molecule has 0 aliphatic heterocycles. The number of nitrogens with one attached hydrogen (secondary N) is 1. The zero-order valence-corrected chi connectivity index (χ0v) is 13.9. The molecule has 0 bridgehead atoms. The fourth-order valence-corrected chi connectivity index (χ4v) is 4.97. The average Bonchev–Trinajstić information content (AvgIpc) is 2.47. The Morgan fingerprint density at radius 1 is 1.29 bits per heavy atom. The molecule has 0 spiro atoms. The van der Waals surface area contributed by atoms with E-state index in [1.165, 1.54) is 50.3 Å². The third kappa shape index (κ3) is 4.97. The first-order chi connectivity index (χ1) is 9.99. The average molecular weight is 331 g/mol. The Balaban J connectivity index is 1.82. The van der Waals surface area contributed by atoms with E-state index in [9.17, 15) is 12.8 Å². The van der Waals surface area contributed by atoms with E-state index in [2.05, 4.69) is 4.72 Å². The molecule has 0 heterocycles. The Morgan fingerprint density at radius 2 is 2.00 bits per heavy atom. The van der Waals surface area contributed by atoms with Gasteiger partial charge in [0.2, 0.25) is 10.0 Å². The van der Waals surface area contributed by atoms with Crippen molar-refractivity contribution in [1.29, 1.82) is 0 Å². The number of sulfonamides is 1. The lowest BCUT2D eigenvalue weighted by atomic mass is 10.0. The summed E-state index contributed by atoms with van der Waals surface area (Å²) in [4.78, 5) is 0.129. The lowest BCUT2D eigenvalue weighted by Gasteiger charge is -2.20. The molecule has 1 aromatic rings. The largest absolute Gasteiger partial charge is 0.240 e. The highest BCUT2D eigenvalue weighted by molar-refractivity contribution is 8.00. The molecule has 1 aromatic carbocycles. The van der Waals surface area contributed by atoms with Gasteiger partial charge in [0.15, 0.2) is 0 Å². The van der Waals surface area contributed by atoms with Crippen LogP contribution in [0.3, 0.4) is 0 Å². The third-order valence-electron chi connectivity index (χ3n) is 3.74. The van der Waals surface area contributed by atoms with Gasteiger partial charge in [-0.25, -0.2) is 17.5 Å². The van der Waals surface area contributed by atoms with Gasteiger partial charge in [-0.15, -0.1) is 0 Å². The molecule has 0 unspecified atom stereocenters. The number of hydrogen-bond acceptors (Lipinski definition) is 3. The van der Waals surface area contributed by atoms with Crippen molar-refractivity contribution in [2.75, 3.05) is 12.3 Å². The van der Waals surface area contributed by atoms with Gasteiger partial charge in [-0.1, -0.05) is 19.3 Å². The zero-order valence-electron chi connectivity index (χ0n) is 12.3. The summed E-state index contributed by atoms with van der Waals surface area (Å²) in [5, 5.41) is 0.677. The normalized spacial score (nSPS) is 17.0. The molecule has 1 aliphatic carbocycles. The molecule has 1 aliphatic rings. The van der Waals surface area contributed by atoms with Gasteiger partial charge in [0.05, 0.1) is 4.90 Å². The van der Waals surface area contributed by atoms with Crippen molar-refractivity contribution in [1.82, 2.24) is 4.72 Å². The van der Waals surface area contributed by atoms with Crippen LogP contribution in [0.2, 0.25) is 0 Å². The van der Waals surface area contributed by atoms with E-state index in [0.717, 1.165) is 5.75 Å². The van der Waals surface area contributed by atoms with Crippen molar-refractivity contribution in [3.63, 3.8) is 0 Å². The predicted octanol–water partition coefficient (Wildman–Crippen LogP) is 3.48. The summed E-state index contributed by atoms with van der Waals surface area (Å²) in [6, 6.07) is 3.87. The number of thioether (sulfide) groups is 1. The Kier molecular flexibility index (Phi) is 6.08. The Morgan fingerprint density at radius 3 is 2.67 bits per heavy atom. The molecule has 1 N–H and O–H groups in total. The standard InChI is InChI=1S/C15H22FNO2S2/c1-12-11-14(7-8-15(12)16)21(18,19)17-9-10-20-13-5-3-2-4-6-13/h7-8,11,13,17H,2-6,9-10H2,1H3. The van der Waals surface area contributed by atoms with Crippen LogP contribution in [-0.4, -0.2) is 26.0 Å². The summed E-state index contributed by atoms with van der Waals surface area (Å²) < 4.78 is 40.0. The van der Waals surface area contributed by atoms with Crippen LogP contribution in [0, 0.1) is 12.7 Å². The molecule has 1 fully saturated rings. The van der Waals surface area contributed by atoms with Gasteiger partial charge in [0.25, 0.3) is 0 Å². The lowest BCUT2D eigenvalue weighted by molar-refractivity contribution is 0.516. The second kappa shape index (κ2) is 7.61. The topological polar surface area (TPSA) is 46.2 Å². The van der Waals surface area contributed by atoms with Gasteiger partial charge < -0.3 is 0 Å². The van der Waals surface area contributed by atoms with Gasteiger partial charge in [0.1, 0.15) is 5.82 Å². The fourth-order valence-electron chi connectivity index (χ4n) is 2.50. The number of hydrogen-bond donors (Lipinski definition) is 1. The molecule has 0 radical (unpaired) electrons. The maximum absolute atomic E-state index is 13.2. The number of halogens is 1. The number of aryl methyl sites for hydroxylation is 1. The second-order valence-corrected chi connectivity index (χ2v) is 8.61. The van der Waals surface area contributed by atoms with E-state index in [-0.39, 0.29) is 10.7 Å². The molecule has 1 saturated carbocycles. The van der Waals surface area contributed by atoms with Crippen LogP contribution < -0.4 is 4.72 Å². The first-order valence-electron chi connectivity index (χ1n) is 7.36. The van der Waals surface area contributed by atoms with Crippen molar-refractivity contribution in [3.05, 3.63) is 29.6 Å². The van der Waals surface area contributed by atoms with Crippen molar-refractivity contribution < 1.29 is 12.8 Å².